The summed E-state index contributed by atoms with van der Waals surface area (Å²) in [7, 11) is 1.55. The SMILES string of the molecule is CCOC(=O)CN(C)C(=O)c1ccc(-n2cnnn2)cc1. The Bertz CT molecular complexity index is 609. The van der Waals surface area contributed by atoms with Gasteiger partial charge in [-0.05, 0) is 41.6 Å². The molecule has 2 rings (SSSR count). The van der Waals surface area contributed by atoms with Crippen molar-refractivity contribution in [1.82, 2.24) is 25.1 Å². The van der Waals surface area contributed by atoms with Gasteiger partial charge < -0.3 is 9.64 Å². The number of carbonyl (C=O) groups excluding carboxylic acids is 2. The minimum absolute atomic E-state index is 0.0819. The van der Waals surface area contributed by atoms with Crippen LogP contribution in [0.1, 0.15) is 17.3 Å². The Hall–Kier alpha value is -2.77. The lowest BCUT2D eigenvalue weighted by atomic mass is 10.2. The molecule has 1 amide bonds. The topological polar surface area (TPSA) is 90.2 Å². The number of hydrogen-bond acceptors (Lipinski definition) is 6. The minimum atomic E-state index is -0.432. The van der Waals surface area contributed by atoms with Crippen LogP contribution in [0.2, 0.25) is 0 Å². The molecule has 0 saturated carbocycles. The molecule has 0 unspecified atom stereocenters. The molecular weight excluding hydrogens is 274 g/mol. The van der Waals surface area contributed by atoms with Gasteiger partial charge in [0.25, 0.3) is 5.91 Å². The number of tetrazole rings is 1. The molecule has 8 nitrogen and oxygen atoms in total. The first-order valence-corrected chi connectivity index (χ1v) is 6.36. The number of hydrogen-bond donors (Lipinski definition) is 0. The third kappa shape index (κ3) is 3.62. The predicted molar refractivity (Wildman–Crippen MR) is 72.7 cm³/mol. The molecule has 0 saturated heterocycles. The number of amides is 1. The van der Waals surface area contributed by atoms with E-state index in [0.29, 0.717) is 12.2 Å². The lowest BCUT2D eigenvalue weighted by molar-refractivity contribution is -0.143. The van der Waals surface area contributed by atoms with Gasteiger partial charge in [0, 0.05) is 12.6 Å². The summed E-state index contributed by atoms with van der Waals surface area (Å²) in [5.74, 6) is -0.690. The van der Waals surface area contributed by atoms with Gasteiger partial charge in [0.2, 0.25) is 0 Å². The van der Waals surface area contributed by atoms with E-state index >= 15 is 0 Å². The Morgan fingerprint density at radius 1 is 1.29 bits per heavy atom. The van der Waals surface area contributed by atoms with Crippen molar-refractivity contribution in [3.63, 3.8) is 0 Å². The van der Waals surface area contributed by atoms with Crippen LogP contribution in [0.4, 0.5) is 0 Å². The van der Waals surface area contributed by atoms with E-state index < -0.39 is 5.97 Å². The molecule has 1 heterocycles. The van der Waals surface area contributed by atoms with Crippen LogP contribution in [0.5, 0.6) is 0 Å². The van der Waals surface area contributed by atoms with E-state index in [1.165, 1.54) is 15.9 Å². The second-order valence-electron chi connectivity index (χ2n) is 4.27. The zero-order chi connectivity index (χ0) is 15.2. The van der Waals surface area contributed by atoms with Crippen LogP contribution in [-0.4, -0.2) is 57.2 Å². The lowest BCUT2D eigenvalue weighted by Gasteiger charge is -2.16. The fourth-order valence-corrected chi connectivity index (χ4v) is 1.73. The Kier molecular flexibility index (Phi) is 4.60. The highest BCUT2D eigenvalue weighted by molar-refractivity contribution is 5.95. The van der Waals surface area contributed by atoms with E-state index in [4.69, 9.17) is 4.74 Å². The molecule has 0 radical (unpaired) electrons. The van der Waals surface area contributed by atoms with Gasteiger partial charge in [0.15, 0.2) is 0 Å². The van der Waals surface area contributed by atoms with Gasteiger partial charge in [-0.2, -0.15) is 0 Å². The number of likely N-dealkylation sites (N-methyl/N-ethyl adjacent to an activating group) is 1. The summed E-state index contributed by atoms with van der Waals surface area (Å²) in [6, 6.07) is 6.76. The van der Waals surface area contributed by atoms with Gasteiger partial charge in [-0.15, -0.1) is 5.10 Å². The van der Waals surface area contributed by atoms with Crippen molar-refractivity contribution in [2.24, 2.45) is 0 Å². The highest BCUT2D eigenvalue weighted by Crippen LogP contribution is 2.09. The second kappa shape index (κ2) is 6.60. The van der Waals surface area contributed by atoms with Crippen molar-refractivity contribution in [3.05, 3.63) is 36.2 Å². The third-order valence-corrected chi connectivity index (χ3v) is 2.75. The third-order valence-electron chi connectivity index (χ3n) is 2.75. The summed E-state index contributed by atoms with van der Waals surface area (Å²) in [6.45, 7) is 1.93. The Morgan fingerprint density at radius 3 is 2.57 bits per heavy atom. The molecule has 0 bridgehead atoms. The van der Waals surface area contributed by atoms with Gasteiger partial charge in [-0.1, -0.05) is 0 Å². The highest BCUT2D eigenvalue weighted by atomic mass is 16.5. The smallest absolute Gasteiger partial charge is 0.325 e. The van der Waals surface area contributed by atoms with Gasteiger partial charge in [-0.3, -0.25) is 9.59 Å². The van der Waals surface area contributed by atoms with Crippen molar-refractivity contribution in [2.75, 3.05) is 20.2 Å². The molecule has 0 aliphatic rings. The standard InChI is InChI=1S/C13H15N5O3/c1-3-21-12(19)8-17(2)13(20)10-4-6-11(7-5-10)18-9-14-15-16-18/h4-7,9H,3,8H2,1-2H3. The first-order valence-electron chi connectivity index (χ1n) is 6.36. The molecule has 21 heavy (non-hydrogen) atoms. The molecular formula is C13H15N5O3. The fourth-order valence-electron chi connectivity index (χ4n) is 1.73. The van der Waals surface area contributed by atoms with E-state index in [2.05, 4.69) is 15.5 Å². The van der Waals surface area contributed by atoms with E-state index in [9.17, 15) is 9.59 Å². The monoisotopic (exact) mass is 289 g/mol. The molecule has 0 spiro atoms. The summed E-state index contributed by atoms with van der Waals surface area (Å²) < 4.78 is 6.29. The first-order chi connectivity index (χ1) is 10.1. The summed E-state index contributed by atoms with van der Waals surface area (Å²) in [4.78, 5) is 24.8. The Labute approximate surface area is 121 Å². The molecule has 0 aliphatic carbocycles. The number of benzene rings is 1. The minimum Gasteiger partial charge on any atom is -0.465 e. The molecule has 110 valence electrons. The molecule has 0 aliphatic heterocycles. The van der Waals surface area contributed by atoms with Gasteiger partial charge >= 0.3 is 5.97 Å². The van der Waals surface area contributed by atoms with Crippen molar-refractivity contribution in [3.8, 4) is 5.69 Å². The fraction of sp³-hybridized carbons (Fsp3) is 0.308. The van der Waals surface area contributed by atoms with Crippen LogP contribution in [-0.2, 0) is 9.53 Å². The molecule has 0 fully saturated rings. The van der Waals surface area contributed by atoms with Gasteiger partial charge in [0.05, 0.1) is 12.3 Å². The summed E-state index contributed by atoms with van der Waals surface area (Å²) in [5.41, 5.74) is 1.21. The zero-order valence-electron chi connectivity index (χ0n) is 11.8. The second-order valence-corrected chi connectivity index (χ2v) is 4.27. The quantitative estimate of drug-likeness (QED) is 0.735. The van der Waals surface area contributed by atoms with Crippen LogP contribution < -0.4 is 0 Å². The number of rotatable bonds is 5. The Morgan fingerprint density at radius 2 is 2.00 bits per heavy atom. The molecule has 8 heteroatoms. The number of carbonyl (C=O) groups is 2. The van der Waals surface area contributed by atoms with Crippen molar-refractivity contribution in [2.45, 2.75) is 6.92 Å². The first kappa shape index (κ1) is 14.6. The van der Waals surface area contributed by atoms with Crippen molar-refractivity contribution >= 4 is 11.9 Å². The highest BCUT2D eigenvalue weighted by Gasteiger charge is 2.15. The number of nitrogens with zero attached hydrogens (tertiary/aromatic N) is 5. The van der Waals surface area contributed by atoms with Crippen molar-refractivity contribution in [1.29, 1.82) is 0 Å². The van der Waals surface area contributed by atoms with Crippen LogP contribution in [0.25, 0.3) is 5.69 Å². The number of esters is 1. The normalized spacial score (nSPS) is 10.2. The molecule has 0 atom stereocenters. The van der Waals surface area contributed by atoms with Crippen LogP contribution in [0, 0.1) is 0 Å². The number of ether oxygens (including phenoxy) is 1. The summed E-state index contributed by atoms with van der Waals surface area (Å²) in [6.07, 6.45) is 1.46. The number of aromatic nitrogens is 4. The van der Waals surface area contributed by atoms with E-state index in [0.717, 1.165) is 5.69 Å². The van der Waals surface area contributed by atoms with Crippen LogP contribution >= 0.6 is 0 Å². The molecule has 1 aromatic heterocycles. The maximum absolute atomic E-state index is 12.2. The molecule has 0 N–H and O–H groups in total. The van der Waals surface area contributed by atoms with Crippen molar-refractivity contribution < 1.29 is 14.3 Å². The lowest BCUT2D eigenvalue weighted by Crippen LogP contribution is -2.33. The molecule has 2 aromatic rings. The van der Waals surface area contributed by atoms with E-state index in [-0.39, 0.29) is 12.5 Å². The van der Waals surface area contributed by atoms with Gasteiger partial charge in [-0.25, -0.2) is 4.68 Å². The van der Waals surface area contributed by atoms with E-state index in [1.54, 1.807) is 38.2 Å². The Balaban J connectivity index is 2.04. The predicted octanol–water partition coefficient (Wildman–Crippen LogP) is 0.297. The van der Waals surface area contributed by atoms with E-state index in [1.807, 2.05) is 0 Å². The summed E-state index contributed by atoms with van der Waals surface area (Å²) >= 11 is 0. The average molecular weight is 289 g/mol. The summed E-state index contributed by atoms with van der Waals surface area (Å²) in [5, 5.41) is 10.8. The zero-order valence-corrected chi connectivity index (χ0v) is 11.8. The van der Waals surface area contributed by atoms with Crippen LogP contribution in [0.3, 0.4) is 0 Å². The maximum Gasteiger partial charge on any atom is 0.325 e. The largest absolute Gasteiger partial charge is 0.465 e. The van der Waals surface area contributed by atoms with Gasteiger partial charge in [0.1, 0.15) is 12.9 Å². The molecule has 1 aromatic carbocycles. The van der Waals surface area contributed by atoms with Crippen LogP contribution in [0.15, 0.2) is 30.6 Å². The average Bonchev–Trinajstić information content (AvgIpc) is 3.01. The maximum atomic E-state index is 12.2.